The zero-order chi connectivity index (χ0) is 15.1. The van der Waals surface area contributed by atoms with Gasteiger partial charge in [0, 0.05) is 23.8 Å². The van der Waals surface area contributed by atoms with Crippen molar-refractivity contribution in [1.29, 1.82) is 0 Å². The first-order valence-corrected chi connectivity index (χ1v) is 7.07. The minimum absolute atomic E-state index is 0.286. The molecule has 0 unspecified atom stereocenters. The first kappa shape index (κ1) is 13.5. The van der Waals surface area contributed by atoms with Crippen molar-refractivity contribution in [3.8, 4) is 0 Å². The van der Waals surface area contributed by atoms with E-state index in [1.165, 1.54) is 16.0 Å². The average Bonchev–Trinajstić information content (AvgIpc) is 2.93. The largest absolute Gasteiger partial charge is 0.298 e. The van der Waals surface area contributed by atoms with Crippen LogP contribution < -0.4 is 10.9 Å². The number of hydrogen-bond acceptors (Lipinski definition) is 5. The van der Waals surface area contributed by atoms with Gasteiger partial charge < -0.3 is 0 Å². The second kappa shape index (κ2) is 4.81. The van der Waals surface area contributed by atoms with Gasteiger partial charge in [0.15, 0.2) is 10.8 Å². The number of aryl methyl sites for hydroxylation is 3. The molecule has 3 aromatic rings. The van der Waals surface area contributed by atoms with Crippen molar-refractivity contribution in [2.24, 2.45) is 7.05 Å². The van der Waals surface area contributed by atoms with E-state index < -0.39 is 0 Å². The highest BCUT2D eigenvalue weighted by atomic mass is 32.1. The molecule has 108 valence electrons. The number of carbonyl (C=O) groups is 1. The van der Waals surface area contributed by atoms with E-state index in [1.54, 1.807) is 26.2 Å². The first-order valence-electron chi connectivity index (χ1n) is 6.26. The lowest BCUT2D eigenvalue weighted by molar-refractivity contribution is 0.102. The molecule has 2 N–H and O–H groups in total. The molecule has 0 radical (unpaired) electrons. The molecule has 0 fully saturated rings. The third kappa shape index (κ3) is 2.33. The van der Waals surface area contributed by atoms with Gasteiger partial charge in [-0.2, -0.15) is 0 Å². The van der Waals surface area contributed by atoms with E-state index in [9.17, 15) is 9.59 Å². The molecule has 7 nitrogen and oxygen atoms in total. The van der Waals surface area contributed by atoms with Crippen molar-refractivity contribution in [1.82, 2.24) is 19.7 Å². The Hall–Kier alpha value is -2.48. The second-order valence-electron chi connectivity index (χ2n) is 4.74. The van der Waals surface area contributed by atoms with Crippen molar-refractivity contribution in [2.75, 3.05) is 5.32 Å². The van der Waals surface area contributed by atoms with Crippen LogP contribution in [-0.2, 0) is 7.05 Å². The fourth-order valence-corrected chi connectivity index (χ4v) is 2.80. The minimum Gasteiger partial charge on any atom is -0.298 e. The lowest BCUT2D eigenvalue weighted by atomic mass is 10.1. The van der Waals surface area contributed by atoms with E-state index in [-0.39, 0.29) is 16.9 Å². The fourth-order valence-electron chi connectivity index (χ4n) is 2.14. The summed E-state index contributed by atoms with van der Waals surface area (Å²) in [5.41, 5.74) is 1.09. The molecular formula is C13H13N5O2S. The number of H-pyrrole nitrogens is 1. The standard InChI is InChI=1S/C13H13N5O2S/c1-6-4-8(9-10(15-6)18(3)17-12(9)20)11(19)16-13-14-5-7(2)21-13/h4-5H,1-3H3,(H,17,20)(H,14,16,19). The quantitative estimate of drug-likeness (QED) is 0.752. The lowest BCUT2D eigenvalue weighted by Gasteiger charge is -2.04. The van der Waals surface area contributed by atoms with Crippen LogP contribution in [0.4, 0.5) is 5.13 Å². The lowest BCUT2D eigenvalue weighted by Crippen LogP contribution is -2.15. The maximum absolute atomic E-state index is 12.4. The van der Waals surface area contributed by atoms with E-state index in [4.69, 9.17) is 0 Å². The van der Waals surface area contributed by atoms with Gasteiger partial charge >= 0.3 is 0 Å². The predicted octanol–water partition coefficient (Wildman–Crippen LogP) is 1.59. The van der Waals surface area contributed by atoms with E-state index in [2.05, 4.69) is 20.4 Å². The normalized spacial score (nSPS) is 11.0. The number of nitrogens with one attached hydrogen (secondary N) is 2. The number of aromatic nitrogens is 4. The van der Waals surface area contributed by atoms with Gasteiger partial charge in [0.2, 0.25) is 0 Å². The van der Waals surface area contributed by atoms with Crippen molar-refractivity contribution >= 4 is 33.4 Å². The Labute approximate surface area is 123 Å². The Balaban J connectivity index is 2.11. The Morgan fingerprint density at radius 1 is 1.43 bits per heavy atom. The van der Waals surface area contributed by atoms with Gasteiger partial charge in [0.1, 0.15) is 0 Å². The number of anilines is 1. The summed E-state index contributed by atoms with van der Waals surface area (Å²) in [5, 5.41) is 6.12. The number of carbonyl (C=O) groups excluding carboxylic acids is 1. The number of pyridine rings is 1. The maximum Gasteiger partial charge on any atom is 0.274 e. The molecule has 1 amide bonds. The summed E-state index contributed by atoms with van der Waals surface area (Å²) in [6.45, 7) is 3.69. The molecule has 0 spiro atoms. The molecule has 0 aliphatic carbocycles. The molecule has 0 saturated heterocycles. The fraction of sp³-hybridized carbons (Fsp3) is 0.231. The Morgan fingerprint density at radius 2 is 2.19 bits per heavy atom. The highest BCUT2D eigenvalue weighted by Crippen LogP contribution is 2.20. The maximum atomic E-state index is 12.4. The molecule has 8 heteroatoms. The number of nitrogens with zero attached hydrogens (tertiary/aromatic N) is 3. The average molecular weight is 303 g/mol. The highest BCUT2D eigenvalue weighted by Gasteiger charge is 2.18. The SMILES string of the molecule is Cc1cc(C(=O)Nc2ncc(C)s2)c2c(=O)[nH]n(C)c2n1. The van der Waals surface area contributed by atoms with Crippen LogP contribution in [0.15, 0.2) is 17.1 Å². The van der Waals surface area contributed by atoms with Crippen LogP contribution in [0.2, 0.25) is 0 Å². The molecule has 0 bridgehead atoms. The van der Waals surface area contributed by atoms with Crippen molar-refractivity contribution in [2.45, 2.75) is 13.8 Å². The van der Waals surface area contributed by atoms with Gasteiger partial charge in [-0.25, -0.2) is 9.97 Å². The third-order valence-corrected chi connectivity index (χ3v) is 3.86. The molecule has 0 aliphatic heterocycles. The number of aromatic amines is 1. The zero-order valence-electron chi connectivity index (χ0n) is 11.7. The van der Waals surface area contributed by atoms with Gasteiger partial charge in [-0.3, -0.25) is 24.7 Å². The molecule has 21 heavy (non-hydrogen) atoms. The summed E-state index contributed by atoms with van der Waals surface area (Å²) < 4.78 is 1.51. The van der Waals surface area contributed by atoms with Crippen molar-refractivity contribution in [3.05, 3.63) is 38.8 Å². The van der Waals surface area contributed by atoms with Gasteiger partial charge in [0.25, 0.3) is 11.5 Å². The number of rotatable bonds is 2. The Bertz CT molecular complexity index is 905. The summed E-state index contributed by atoms with van der Waals surface area (Å²) in [6, 6.07) is 1.60. The van der Waals surface area contributed by atoms with Gasteiger partial charge in [-0.05, 0) is 19.9 Å². The topological polar surface area (TPSA) is 92.7 Å². The van der Waals surface area contributed by atoms with Crippen LogP contribution >= 0.6 is 11.3 Å². The van der Waals surface area contributed by atoms with Crippen molar-refractivity contribution < 1.29 is 4.79 Å². The molecular weight excluding hydrogens is 290 g/mol. The third-order valence-electron chi connectivity index (χ3n) is 3.03. The summed E-state index contributed by atoms with van der Waals surface area (Å²) in [6.07, 6.45) is 1.68. The smallest absolute Gasteiger partial charge is 0.274 e. The molecule has 0 aliphatic rings. The van der Waals surface area contributed by atoms with E-state index in [1.807, 2.05) is 6.92 Å². The second-order valence-corrected chi connectivity index (χ2v) is 5.97. The van der Waals surface area contributed by atoms with Crippen LogP contribution in [0.3, 0.4) is 0 Å². The van der Waals surface area contributed by atoms with Crippen molar-refractivity contribution in [3.63, 3.8) is 0 Å². The van der Waals surface area contributed by atoms with Crippen LogP contribution in [-0.4, -0.2) is 25.7 Å². The highest BCUT2D eigenvalue weighted by molar-refractivity contribution is 7.15. The first-order chi connectivity index (χ1) is 9.95. The molecule has 3 aromatic heterocycles. The van der Waals surface area contributed by atoms with Gasteiger partial charge in [-0.1, -0.05) is 0 Å². The number of thiazole rings is 1. The summed E-state index contributed by atoms with van der Waals surface area (Å²) in [4.78, 5) is 33.8. The number of fused-ring (bicyclic) bond motifs is 1. The monoisotopic (exact) mass is 303 g/mol. The molecule has 0 atom stereocenters. The van der Waals surface area contributed by atoms with Crippen LogP contribution in [0.1, 0.15) is 20.9 Å². The summed E-state index contributed by atoms with van der Waals surface area (Å²) in [7, 11) is 1.68. The molecule has 3 heterocycles. The zero-order valence-corrected chi connectivity index (χ0v) is 12.5. The van der Waals surface area contributed by atoms with Crippen LogP contribution in [0.5, 0.6) is 0 Å². The Morgan fingerprint density at radius 3 is 2.86 bits per heavy atom. The summed E-state index contributed by atoms with van der Waals surface area (Å²) in [5.74, 6) is -0.364. The van der Waals surface area contributed by atoms with Crippen LogP contribution in [0.25, 0.3) is 11.0 Å². The van der Waals surface area contributed by atoms with Gasteiger partial charge in [-0.15, -0.1) is 11.3 Å². The minimum atomic E-state index is -0.364. The molecule has 0 aromatic carbocycles. The predicted molar refractivity (Wildman–Crippen MR) is 80.9 cm³/mol. The number of amides is 1. The molecule has 3 rings (SSSR count). The molecule has 0 saturated carbocycles. The van der Waals surface area contributed by atoms with E-state index in [0.717, 1.165) is 4.88 Å². The summed E-state index contributed by atoms with van der Waals surface area (Å²) >= 11 is 1.38. The van der Waals surface area contributed by atoms with Crippen LogP contribution in [0, 0.1) is 13.8 Å². The van der Waals surface area contributed by atoms with E-state index >= 15 is 0 Å². The number of hydrogen-bond donors (Lipinski definition) is 2. The Kier molecular flexibility index (Phi) is 3.09. The van der Waals surface area contributed by atoms with Gasteiger partial charge in [0.05, 0.1) is 10.9 Å². The van der Waals surface area contributed by atoms with E-state index in [0.29, 0.717) is 22.0 Å².